The van der Waals surface area contributed by atoms with Crippen molar-refractivity contribution in [1.29, 1.82) is 0 Å². The first-order chi connectivity index (χ1) is 6.52. The molecule has 1 aromatic rings. The summed E-state index contributed by atoms with van der Waals surface area (Å²) in [6.45, 7) is 1.78. The van der Waals surface area contributed by atoms with Crippen molar-refractivity contribution in [1.82, 2.24) is 0 Å². The van der Waals surface area contributed by atoms with Gasteiger partial charge in [-0.15, -0.1) is 0 Å². The first-order valence-corrected chi connectivity index (χ1v) is 4.40. The average molecular weight is 203 g/mol. The number of hydrogen-bond acceptors (Lipinski definition) is 1. The zero-order chi connectivity index (χ0) is 10.7. The summed E-state index contributed by atoms with van der Waals surface area (Å²) in [5.74, 6) is -3.68. The van der Waals surface area contributed by atoms with Crippen LogP contribution in [0.1, 0.15) is 18.9 Å². The van der Waals surface area contributed by atoms with Crippen LogP contribution in [0, 0.1) is 17.5 Å². The summed E-state index contributed by atoms with van der Waals surface area (Å²) in [5.41, 5.74) is 5.64. The van der Waals surface area contributed by atoms with E-state index in [1.165, 1.54) is 6.07 Å². The van der Waals surface area contributed by atoms with Crippen molar-refractivity contribution < 1.29 is 13.2 Å². The molecule has 2 N–H and O–H groups in total. The van der Waals surface area contributed by atoms with E-state index in [0.29, 0.717) is 12.8 Å². The molecule has 0 aliphatic rings. The molecule has 4 heteroatoms. The Morgan fingerprint density at radius 3 is 2.43 bits per heavy atom. The summed E-state index contributed by atoms with van der Waals surface area (Å²) >= 11 is 0. The second-order valence-corrected chi connectivity index (χ2v) is 3.35. The second-order valence-electron chi connectivity index (χ2n) is 3.35. The van der Waals surface area contributed by atoms with Gasteiger partial charge in [-0.1, -0.05) is 6.07 Å². The minimum absolute atomic E-state index is 0.0810. The third-order valence-electron chi connectivity index (χ3n) is 1.98. The molecule has 0 aliphatic heterocycles. The maximum atomic E-state index is 13.1. The molecule has 0 spiro atoms. The van der Waals surface area contributed by atoms with Crippen LogP contribution < -0.4 is 5.73 Å². The van der Waals surface area contributed by atoms with Gasteiger partial charge in [0.2, 0.25) is 0 Å². The zero-order valence-corrected chi connectivity index (χ0v) is 7.86. The summed E-state index contributed by atoms with van der Waals surface area (Å²) in [6, 6.07) is 2.09. The lowest BCUT2D eigenvalue weighted by atomic mass is 10.1. The predicted molar refractivity (Wildman–Crippen MR) is 48.3 cm³/mol. The molecule has 1 rings (SSSR count). The van der Waals surface area contributed by atoms with Crippen molar-refractivity contribution >= 4 is 0 Å². The lowest BCUT2D eigenvalue weighted by Crippen LogP contribution is -2.15. The first kappa shape index (κ1) is 11.0. The van der Waals surface area contributed by atoms with Gasteiger partial charge in [0, 0.05) is 6.04 Å². The molecule has 0 amide bonds. The Morgan fingerprint density at radius 2 is 1.86 bits per heavy atom. The molecule has 0 aliphatic carbocycles. The number of hydrogen-bond donors (Lipinski definition) is 1. The van der Waals surface area contributed by atoms with Crippen LogP contribution in [0.2, 0.25) is 0 Å². The smallest absolute Gasteiger partial charge is 0.194 e. The van der Waals surface area contributed by atoms with E-state index >= 15 is 0 Å². The van der Waals surface area contributed by atoms with Crippen molar-refractivity contribution in [2.45, 2.75) is 25.8 Å². The predicted octanol–water partition coefficient (Wildman–Crippen LogP) is 2.38. The maximum Gasteiger partial charge on any atom is 0.194 e. The fraction of sp³-hybridized carbons (Fsp3) is 0.400. The lowest BCUT2D eigenvalue weighted by molar-refractivity contribution is 0.439. The van der Waals surface area contributed by atoms with Crippen LogP contribution in [0.15, 0.2) is 12.1 Å². The first-order valence-electron chi connectivity index (χ1n) is 4.40. The summed E-state index contributed by atoms with van der Waals surface area (Å²) in [4.78, 5) is 0. The van der Waals surface area contributed by atoms with Crippen LogP contribution in [0.4, 0.5) is 13.2 Å². The lowest BCUT2D eigenvalue weighted by Gasteiger charge is -2.06. The molecule has 0 bridgehead atoms. The van der Waals surface area contributed by atoms with Crippen molar-refractivity contribution in [3.63, 3.8) is 0 Å². The van der Waals surface area contributed by atoms with E-state index in [0.717, 1.165) is 6.07 Å². The molecule has 0 radical (unpaired) electrons. The highest BCUT2D eigenvalue weighted by Gasteiger charge is 2.12. The molecular weight excluding hydrogens is 191 g/mol. The van der Waals surface area contributed by atoms with Crippen LogP contribution in [-0.2, 0) is 6.42 Å². The Kier molecular flexibility index (Phi) is 3.52. The van der Waals surface area contributed by atoms with Crippen LogP contribution in [-0.4, -0.2) is 6.04 Å². The fourth-order valence-corrected chi connectivity index (χ4v) is 1.14. The van der Waals surface area contributed by atoms with Crippen molar-refractivity contribution in [3.8, 4) is 0 Å². The van der Waals surface area contributed by atoms with Crippen LogP contribution in [0.3, 0.4) is 0 Å². The Bertz CT molecular complexity index is 323. The largest absolute Gasteiger partial charge is 0.328 e. The van der Waals surface area contributed by atoms with E-state index in [1.54, 1.807) is 6.92 Å². The molecule has 0 saturated heterocycles. The molecule has 0 saturated carbocycles. The SMILES string of the molecule is CC(N)CCc1ccc(F)c(F)c1F. The van der Waals surface area contributed by atoms with E-state index in [2.05, 4.69) is 0 Å². The molecule has 0 heterocycles. The minimum Gasteiger partial charge on any atom is -0.328 e. The Hall–Kier alpha value is -1.03. The second kappa shape index (κ2) is 4.46. The van der Waals surface area contributed by atoms with Crippen LogP contribution >= 0.6 is 0 Å². The van der Waals surface area contributed by atoms with Gasteiger partial charge in [-0.05, 0) is 31.4 Å². The quantitative estimate of drug-likeness (QED) is 0.750. The molecule has 14 heavy (non-hydrogen) atoms. The summed E-state index contributed by atoms with van der Waals surface area (Å²) in [6.07, 6.45) is 0.864. The molecule has 0 fully saturated rings. The number of aryl methyl sites for hydroxylation is 1. The van der Waals surface area contributed by atoms with Gasteiger partial charge in [-0.25, -0.2) is 13.2 Å². The molecule has 1 aromatic carbocycles. The highest BCUT2D eigenvalue weighted by Crippen LogP contribution is 2.16. The number of nitrogens with two attached hydrogens (primary N) is 1. The van der Waals surface area contributed by atoms with Crippen molar-refractivity contribution in [2.24, 2.45) is 5.73 Å². The van der Waals surface area contributed by atoms with E-state index < -0.39 is 17.5 Å². The van der Waals surface area contributed by atoms with Gasteiger partial charge >= 0.3 is 0 Å². The van der Waals surface area contributed by atoms with Gasteiger partial charge < -0.3 is 5.73 Å². The third-order valence-corrected chi connectivity index (χ3v) is 1.98. The maximum absolute atomic E-state index is 13.1. The molecule has 0 aromatic heterocycles. The summed E-state index contributed by atoms with van der Waals surface area (Å²) < 4.78 is 38.3. The average Bonchev–Trinajstić information content (AvgIpc) is 2.13. The topological polar surface area (TPSA) is 26.0 Å². The summed E-state index contributed by atoms with van der Waals surface area (Å²) in [5, 5.41) is 0. The van der Waals surface area contributed by atoms with E-state index in [-0.39, 0.29) is 11.6 Å². The van der Waals surface area contributed by atoms with Crippen molar-refractivity contribution in [2.75, 3.05) is 0 Å². The molecule has 78 valence electrons. The fourth-order valence-electron chi connectivity index (χ4n) is 1.14. The van der Waals surface area contributed by atoms with Gasteiger partial charge in [0.15, 0.2) is 17.5 Å². The Labute approximate surface area is 80.7 Å². The van der Waals surface area contributed by atoms with E-state index in [9.17, 15) is 13.2 Å². The highest BCUT2D eigenvalue weighted by atomic mass is 19.2. The molecule has 1 nitrogen and oxygen atoms in total. The van der Waals surface area contributed by atoms with E-state index in [1.807, 2.05) is 0 Å². The number of benzene rings is 1. The number of rotatable bonds is 3. The number of halogens is 3. The Morgan fingerprint density at radius 1 is 1.21 bits per heavy atom. The Balaban J connectivity index is 2.83. The molecule has 1 atom stereocenters. The van der Waals surface area contributed by atoms with Gasteiger partial charge in [0.05, 0.1) is 0 Å². The van der Waals surface area contributed by atoms with E-state index in [4.69, 9.17) is 5.73 Å². The molecular formula is C10H12F3N. The summed E-state index contributed by atoms with van der Waals surface area (Å²) in [7, 11) is 0. The minimum atomic E-state index is -1.41. The van der Waals surface area contributed by atoms with Crippen molar-refractivity contribution in [3.05, 3.63) is 35.1 Å². The van der Waals surface area contributed by atoms with Gasteiger partial charge in [-0.3, -0.25) is 0 Å². The normalized spacial score (nSPS) is 12.9. The van der Waals surface area contributed by atoms with Gasteiger partial charge in [0.1, 0.15) is 0 Å². The highest BCUT2D eigenvalue weighted by molar-refractivity contribution is 5.20. The molecule has 1 unspecified atom stereocenters. The van der Waals surface area contributed by atoms with Gasteiger partial charge in [0.25, 0.3) is 0 Å². The monoisotopic (exact) mass is 203 g/mol. The van der Waals surface area contributed by atoms with Crippen LogP contribution in [0.5, 0.6) is 0 Å². The zero-order valence-electron chi connectivity index (χ0n) is 7.86. The standard InChI is InChI=1S/C10H12F3N/c1-6(14)2-3-7-4-5-8(11)10(13)9(7)12/h4-6H,2-3,14H2,1H3. The van der Waals surface area contributed by atoms with Gasteiger partial charge in [-0.2, -0.15) is 0 Å². The van der Waals surface area contributed by atoms with Crippen LogP contribution in [0.25, 0.3) is 0 Å². The third kappa shape index (κ3) is 2.48.